The quantitative estimate of drug-likeness (QED) is 0.520. The predicted octanol–water partition coefficient (Wildman–Crippen LogP) is -0.426. The number of hydrogen-bond donors (Lipinski definition) is 0. The first kappa shape index (κ1) is 9.68. The Hall–Kier alpha value is -0.410. The van der Waals surface area contributed by atoms with E-state index in [4.69, 9.17) is 0 Å². The van der Waals surface area contributed by atoms with Gasteiger partial charge in [0.1, 0.15) is 26.2 Å². The summed E-state index contributed by atoms with van der Waals surface area (Å²) < 4.78 is 2.23. The minimum absolute atomic E-state index is 0.620. The molecule has 3 heteroatoms. The van der Waals surface area contributed by atoms with Gasteiger partial charge in [-0.3, -0.25) is 9.80 Å². The Morgan fingerprint density at radius 1 is 0.917 bits per heavy atom. The van der Waals surface area contributed by atoms with E-state index in [1.54, 1.807) is 0 Å². The minimum Gasteiger partial charge on any atom is -0.296 e. The monoisotopic (exact) mass is 170 g/mol. The molecular formula is C9H20N3+. The van der Waals surface area contributed by atoms with Gasteiger partial charge in [0.05, 0.1) is 0 Å². The molecule has 0 N–H and O–H groups in total. The Balaban J connectivity index is 2.75. The SMILES string of the molecule is CN(C)C1C(=[N+](C)C)C1N(C)C. The van der Waals surface area contributed by atoms with Crippen LogP contribution in [0.15, 0.2) is 0 Å². The van der Waals surface area contributed by atoms with Gasteiger partial charge in [-0.15, -0.1) is 0 Å². The van der Waals surface area contributed by atoms with E-state index in [0.717, 1.165) is 0 Å². The molecule has 1 fully saturated rings. The molecule has 0 heterocycles. The van der Waals surface area contributed by atoms with Gasteiger partial charge in [0.25, 0.3) is 0 Å². The van der Waals surface area contributed by atoms with Crippen molar-refractivity contribution >= 4 is 5.71 Å². The number of nitrogens with zero attached hydrogens (tertiary/aromatic N) is 3. The van der Waals surface area contributed by atoms with Gasteiger partial charge in [-0.05, 0) is 28.2 Å². The van der Waals surface area contributed by atoms with Crippen molar-refractivity contribution in [1.29, 1.82) is 0 Å². The fraction of sp³-hybridized carbons (Fsp3) is 0.889. The van der Waals surface area contributed by atoms with Crippen LogP contribution in [0.2, 0.25) is 0 Å². The molecule has 70 valence electrons. The Morgan fingerprint density at radius 2 is 1.25 bits per heavy atom. The highest BCUT2D eigenvalue weighted by atomic mass is 15.3. The van der Waals surface area contributed by atoms with Crippen LogP contribution in [-0.2, 0) is 0 Å². The number of rotatable bonds is 2. The lowest BCUT2D eigenvalue weighted by atomic mass is 10.5. The summed E-state index contributed by atoms with van der Waals surface area (Å²) in [6.07, 6.45) is 0. The fourth-order valence-electron chi connectivity index (χ4n) is 1.85. The van der Waals surface area contributed by atoms with E-state index in [9.17, 15) is 0 Å². The van der Waals surface area contributed by atoms with Crippen LogP contribution >= 0.6 is 0 Å². The standard InChI is InChI=1S/C9H20N3/c1-10(2)7-8(11(3)4)9(7)12(5)6/h7-8H,1-6H3/q+1. The van der Waals surface area contributed by atoms with Crippen LogP contribution in [-0.4, -0.2) is 74.5 Å². The Labute approximate surface area is 75.3 Å². The van der Waals surface area contributed by atoms with Crippen molar-refractivity contribution in [3.63, 3.8) is 0 Å². The van der Waals surface area contributed by atoms with E-state index in [-0.39, 0.29) is 0 Å². The van der Waals surface area contributed by atoms with Gasteiger partial charge in [-0.25, -0.2) is 4.58 Å². The summed E-state index contributed by atoms with van der Waals surface area (Å²) in [4.78, 5) is 4.56. The first-order valence-electron chi connectivity index (χ1n) is 4.33. The largest absolute Gasteiger partial charge is 0.296 e. The van der Waals surface area contributed by atoms with Crippen molar-refractivity contribution in [2.24, 2.45) is 0 Å². The summed E-state index contributed by atoms with van der Waals surface area (Å²) in [5.74, 6) is 0. The van der Waals surface area contributed by atoms with Gasteiger partial charge >= 0.3 is 0 Å². The summed E-state index contributed by atoms with van der Waals surface area (Å²) in [5.41, 5.74) is 1.52. The van der Waals surface area contributed by atoms with Gasteiger partial charge in [-0.2, -0.15) is 0 Å². The third-order valence-corrected chi connectivity index (χ3v) is 2.43. The van der Waals surface area contributed by atoms with Gasteiger partial charge in [0, 0.05) is 0 Å². The van der Waals surface area contributed by atoms with Crippen molar-refractivity contribution in [3.05, 3.63) is 0 Å². The first-order valence-corrected chi connectivity index (χ1v) is 4.33. The second-order valence-electron chi connectivity index (χ2n) is 4.14. The smallest absolute Gasteiger partial charge is 0.190 e. The molecule has 0 amide bonds. The molecule has 0 aliphatic heterocycles. The predicted molar refractivity (Wildman–Crippen MR) is 52.1 cm³/mol. The maximum Gasteiger partial charge on any atom is 0.190 e. The average Bonchev–Trinajstić information content (AvgIpc) is 2.58. The molecule has 2 unspecified atom stereocenters. The summed E-state index contributed by atoms with van der Waals surface area (Å²) in [6, 6.07) is 1.24. The minimum atomic E-state index is 0.620. The molecule has 0 saturated heterocycles. The Bertz CT molecular complexity index is 186. The van der Waals surface area contributed by atoms with Crippen LogP contribution in [0.4, 0.5) is 0 Å². The molecule has 0 aromatic rings. The Morgan fingerprint density at radius 3 is 1.33 bits per heavy atom. The highest BCUT2D eigenvalue weighted by molar-refractivity contribution is 6.07. The number of likely N-dealkylation sites (N-methyl/N-ethyl adjacent to an activating group) is 2. The molecular weight excluding hydrogens is 150 g/mol. The molecule has 0 bridgehead atoms. The molecule has 0 radical (unpaired) electrons. The summed E-state index contributed by atoms with van der Waals surface area (Å²) in [7, 11) is 12.8. The zero-order valence-electron chi connectivity index (χ0n) is 9.00. The van der Waals surface area contributed by atoms with Crippen molar-refractivity contribution in [2.75, 3.05) is 42.3 Å². The van der Waals surface area contributed by atoms with Crippen LogP contribution in [0.25, 0.3) is 0 Å². The topological polar surface area (TPSA) is 9.49 Å². The van der Waals surface area contributed by atoms with E-state index in [1.165, 1.54) is 5.71 Å². The van der Waals surface area contributed by atoms with E-state index < -0.39 is 0 Å². The van der Waals surface area contributed by atoms with Crippen LogP contribution in [0, 0.1) is 0 Å². The van der Waals surface area contributed by atoms with Gasteiger partial charge in [0.15, 0.2) is 5.71 Å². The molecule has 3 nitrogen and oxygen atoms in total. The Kier molecular flexibility index (Phi) is 2.54. The van der Waals surface area contributed by atoms with Crippen LogP contribution in [0.3, 0.4) is 0 Å². The molecule has 1 rings (SSSR count). The van der Waals surface area contributed by atoms with Crippen molar-refractivity contribution in [3.8, 4) is 0 Å². The highest BCUT2D eigenvalue weighted by Crippen LogP contribution is 2.26. The lowest BCUT2D eigenvalue weighted by molar-refractivity contribution is -0.463. The van der Waals surface area contributed by atoms with Crippen LogP contribution < -0.4 is 0 Å². The van der Waals surface area contributed by atoms with Crippen molar-refractivity contribution in [2.45, 2.75) is 12.1 Å². The molecule has 0 aromatic carbocycles. The molecule has 1 aliphatic rings. The summed E-state index contributed by atoms with van der Waals surface area (Å²) in [5, 5.41) is 0. The zero-order chi connectivity index (χ0) is 9.46. The van der Waals surface area contributed by atoms with Crippen molar-refractivity contribution in [1.82, 2.24) is 9.80 Å². The third kappa shape index (κ3) is 1.52. The normalized spacial score (nSPS) is 28.5. The molecule has 0 spiro atoms. The first-order chi connectivity index (χ1) is 5.46. The second kappa shape index (κ2) is 3.15. The highest BCUT2D eigenvalue weighted by Gasteiger charge is 2.55. The van der Waals surface area contributed by atoms with Crippen LogP contribution in [0.5, 0.6) is 0 Å². The third-order valence-electron chi connectivity index (χ3n) is 2.43. The van der Waals surface area contributed by atoms with Gasteiger partial charge < -0.3 is 0 Å². The van der Waals surface area contributed by atoms with Crippen molar-refractivity contribution < 1.29 is 4.58 Å². The zero-order valence-corrected chi connectivity index (χ0v) is 9.00. The van der Waals surface area contributed by atoms with E-state index in [1.807, 2.05) is 0 Å². The number of hydrogen-bond acceptors (Lipinski definition) is 2. The summed E-state index contributed by atoms with van der Waals surface area (Å²) >= 11 is 0. The maximum atomic E-state index is 2.28. The van der Waals surface area contributed by atoms with Gasteiger partial charge in [-0.1, -0.05) is 0 Å². The molecule has 1 aliphatic carbocycles. The second-order valence-corrected chi connectivity index (χ2v) is 4.14. The van der Waals surface area contributed by atoms with E-state index >= 15 is 0 Å². The fourth-order valence-corrected chi connectivity index (χ4v) is 1.85. The summed E-state index contributed by atoms with van der Waals surface area (Å²) in [6.45, 7) is 0. The lowest BCUT2D eigenvalue weighted by Crippen LogP contribution is -2.25. The molecule has 12 heavy (non-hydrogen) atoms. The lowest BCUT2D eigenvalue weighted by Gasteiger charge is -2.09. The van der Waals surface area contributed by atoms with Gasteiger partial charge in [0.2, 0.25) is 0 Å². The molecule has 2 atom stereocenters. The van der Waals surface area contributed by atoms with E-state index in [0.29, 0.717) is 12.1 Å². The van der Waals surface area contributed by atoms with E-state index in [2.05, 4.69) is 56.7 Å². The van der Waals surface area contributed by atoms with Crippen LogP contribution in [0.1, 0.15) is 0 Å². The average molecular weight is 170 g/mol. The molecule has 0 aromatic heterocycles. The maximum absolute atomic E-state index is 2.28. The molecule has 1 saturated carbocycles.